The summed E-state index contributed by atoms with van der Waals surface area (Å²) in [5.41, 5.74) is 2.43. The van der Waals surface area contributed by atoms with Gasteiger partial charge in [-0.15, -0.1) is 0 Å². The van der Waals surface area contributed by atoms with Gasteiger partial charge in [-0.05, 0) is 79.6 Å². The van der Waals surface area contributed by atoms with Crippen molar-refractivity contribution in [2.75, 3.05) is 13.7 Å². The minimum atomic E-state index is -0.333. The number of hydroxylamine groups is 2. The fourth-order valence-corrected chi connectivity index (χ4v) is 6.89. The number of fused-ring (bicyclic) bond motifs is 1. The molecule has 0 saturated heterocycles. The number of nitrogens with zero attached hydrogens (tertiary/aromatic N) is 1. The standard InChI is InChI=1S/C23H40O.C6H9NO2.C3H6O2.C2H6/c1-9-18-19-12-17(6)13-22(19,7)14-20(24)21(18)23(8,16(4)5)11-10-15(2)3;1-7(8)4-6-2-3-9-5-6;1-3(5)2-4;1-2/h10-11,16-21,24H,2,9,12-14H2,1,3-8H3;2-3,5,8H,4H2,1H3;4H,2H2,1H3;1-2H3/b11-10-;;;/t17-,18?,19?,20?,21?,22?,23?;;;/m1.../s1. The fraction of sp³-hybridized carbons (Fsp3) is 0.735. The van der Waals surface area contributed by atoms with Gasteiger partial charge in [-0.3, -0.25) is 4.79 Å². The maximum absolute atomic E-state index is 11.3. The molecule has 0 radical (unpaired) electrons. The highest BCUT2D eigenvalue weighted by Crippen LogP contribution is 2.62. The van der Waals surface area contributed by atoms with E-state index in [0.717, 1.165) is 34.5 Å². The number of Topliss-reactive ketones (excluding diaryl/α,β-unsaturated/α-hetero) is 1. The molecule has 40 heavy (non-hydrogen) atoms. The van der Waals surface area contributed by atoms with Gasteiger partial charge < -0.3 is 19.8 Å². The molecule has 6 nitrogen and oxygen atoms in total. The fourth-order valence-electron chi connectivity index (χ4n) is 6.89. The minimum Gasteiger partial charge on any atom is -0.472 e. The Morgan fingerprint density at radius 2 is 1.88 bits per heavy atom. The Bertz CT molecular complexity index is 877. The summed E-state index contributed by atoms with van der Waals surface area (Å²) in [6, 6.07) is 1.81. The van der Waals surface area contributed by atoms with Crippen molar-refractivity contribution in [3.8, 4) is 0 Å². The van der Waals surface area contributed by atoms with Gasteiger partial charge in [0, 0.05) is 12.6 Å². The summed E-state index contributed by atoms with van der Waals surface area (Å²) < 4.78 is 4.78. The Morgan fingerprint density at radius 1 is 1.30 bits per heavy atom. The summed E-state index contributed by atoms with van der Waals surface area (Å²) in [5, 5.41) is 28.9. The van der Waals surface area contributed by atoms with E-state index in [1.165, 1.54) is 26.2 Å². The molecule has 0 aromatic carbocycles. The normalized spacial score (nSPS) is 28.9. The van der Waals surface area contributed by atoms with Crippen LogP contribution < -0.4 is 0 Å². The lowest BCUT2D eigenvalue weighted by Gasteiger charge is -2.55. The molecule has 2 aliphatic rings. The van der Waals surface area contributed by atoms with Crippen LogP contribution in [0.4, 0.5) is 0 Å². The molecule has 0 amide bonds. The molecule has 0 aliphatic heterocycles. The van der Waals surface area contributed by atoms with Gasteiger partial charge in [0.2, 0.25) is 0 Å². The maximum Gasteiger partial charge on any atom is 0.155 e. The number of rotatable bonds is 8. The topological polar surface area (TPSA) is 94.1 Å². The quantitative estimate of drug-likeness (QED) is 0.220. The number of hydrogen-bond acceptors (Lipinski definition) is 6. The van der Waals surface area contributed by atoms with E-state index in [1.807, 2.05) is 19.9 Å². The van der Waals surface area contributed by atoms with Crippen molar-refractivity contribution in [2.24, 2.45) is 40.4 Å². The van der Waals surface area contributed by atoms with Gasteiger partial charge >= 0.3 is 0 Å². The zero-order chi connectivity index (χ0) is 31.3. The van der Waals surface area contributed by atoms with E-state index in [0.29, 0.717) is 29.7 Å². The first kappa shape index (κ1) is 38.3. The second-order valence-corrected chi connectivity index (χ2v) is 12.7. The van der Waals surface area contributed by atoms with Crippen LogP contribution in [0, 0.1) is 40.4 Å². The molecular weight excluding hydrogens is 502 g/mol. The highest BCUT2D eigenvalue weighted by Gasteiger charge is 2.57. The van der Waals surface area contributed by atoms with E-state index in [2.05, 4.69) is 67.2 Å². The zero-order valence-electron chi connectivity index (χ0n) is 27.4. The molecule has 0 bridgehead atoms. The molecule has 0 spiro atoms. The molecular formula is C34H61NO5. The molecule has 1 heterocycles. The van der Waals surface area contributed by atoms with Gasteiger partial charge in [0.25, 0.3) is 0 Å². The summed E-state index contributed by atoms with van der Waals surface area (Å²) in [6.45, 7) is 25.8. The molecule has 6 heteroatoms. The van der Waals surface area contributed by atoms with Crippen molar-refractivity contribution >= 4 is 5.78 Å². The Hall–Kier alpha value is -1.73. The van der Waals surface area contributed by atoms with Gasteiger partial charge in [-0.25, -0.2) is 0 Å². The number of ketones is 1. The zero-order valence-corrected chi connectivity index (χ0v) is 27.4. The second-order valence-electron chi connectivity index (χ2n) is 12.7. The van der Waals surface area contributed by atoms with Crippen molar-refractivity contribution in [1.82, 2.24) is 5.06 Å². The van der Waals surface area contributed by atoms with Gasteiger partial charge in [-0.2, -0.15) is 5.06 Å². The second kappa shape index (κ2) is 17.9. The summed E-state index contributed by atoms with van der Waals surface area (Å²) in [5.74, 6) is 2.85. The van der Waals surface area contributed by atoms with Crippen molar-refractivity contribution in [1.29, 1.82) is 0 Å². The van der Waals surface area contributed by atoms with E-state index in [4.69, 9.17) is 14.7 Å². The van der Waals surface area contributed by atoms with Crippen LogP contribution in [0.2, 0.25) is 0 Å². The van der Waals surface area contributed by atoms with Crippen LogP contribution in [0.1, 0.15) is 100 Å². The molecule has 3 rings (SSSR count). The van der Waals surface area contributed by atoms with Crippen molar-refractivity contribution in [3.63, 3.8) is 0 Å². The molecule has 1 aromatic rings. The number of carbonyl (C=O) groups excluding carboxylic acids is 1. The van der Waals surface area contributed by atoms with Gasteiger partial charge in [0.1, 0.15) is 6.61 Å². The molecule has 2 saturated carbocycles. The van der Waals surface area contributed by atoms with Crippen molar-refractivity contribution in [3.05, 3.63) is 48.5 Å². The number of aliphatic hydroxyl groups is 2. The first-order valence-corrected chi connectivity index (χ1v) is 15.1. The number of aliphatic hydroxyl groups excluding tert-OH is 2. The third kappa shape index (κ3) is 11.3. The highest BCUT2D eigenvalue weighted by atomic mass is 16.5. The van der Waals surface area contributed by atoms with E-state index in [9.17, 15) is 9.90 Å². The van der Waals surface area contributed by atoms with Crippen LogP contribution in [-0.2, 0) is 11.3 Å². The largest absolute Gasteiger partial charge is 0.472 e. The van der Waals surface area contributed by atoms with Gasteiger partial charge in [0.05, 0.1) is 25.2 Å². The Kier molecular flexibility index (Phi) is 17.2. The minimum absolute atomic E-state index is 0.0200. The van der Waals surface area contributed by atoms with E-state index in [1.54, 1.807) is 19.6 Å². The molecule has 7 atom stereocenters. The van der Waals surface area contributed by atoms with Crippen LogP contribution in [0.5, 0.6) is 0 Å². The lowest BCUT2D eigenvalue weighted by molar-refractivity contribution is -0.119. The third-order valence-corrected chi connectivity index (χ3v) is 8.81. The van der Waals surface area contributed by atoms with Gasteiger partial charge in [0.15, 0.2) is 5.78 Å². The van der Waals surface area contributed by atoms with Crippen molar-refractivity contribution < 1.29 is 24.6 Å². The lowest BCUT2D eigenvalue weighted by Crippen LogP contribution is -2.53. The average molecular weight is 564 g/mol. The Morgan fingerprint density at radius 3 is 2.27 bits per heavy atom. The smallest absolute Gasteiger partial charge is 0.155 e. The number of carbonyl (C=O) groups is 1. The van der Waals surface area contributed by atoms with Crippen molar-refractivity contribution in [2.45, 2.75) is 108 Å². The van der Waals surface area contributed by atoms with Crippen LogP contribution in [0.3, 0.4) is 0 Å². The first-order chi connectivity index (χ1) is 18.6. The van der Waals surface area contributed by atoms with E-state index >= 15 is 0 Å². The van der Waals surface area contributed by atoms with E-state index < -0.39 is 0 Å². The Labute approximate surface area is 245 Å². The lowest BCUT2D eigenvalue weighted by atomic mass is 9.51. The van der Waals surface area contributed by atoms with Crippen LogP contribution >= 0.6 is 0 Å². The van der Waals surface area contributed by atoms with Crippen LogP contribution in [0.15, 0.2) is 47.3 Å². The monoisotopic (exact) mass is 563 g/mol. The highest BCUT2D eigenvalue weighted by molar-refractivity contribution is 5.76. The predicted octanol–water partition coefficient (Wildman–Crippen LogP) is 7.93. The summed E-state index contributed by atoms with van der Waals surface area (Å²) >= 11 is 0. The molecule has 232 valence electrons. The third-order valence-electron chi connectivity index (χ3n) is 8.81. The average Bonchev–Trinajstić information content (AvgIpc) is 3.48. The predicted molar refractivity (Wildman–Crippen MR) is 166 cm³/mol. The molecule has 6 unspecified atom stereocenters. The molecule has 3 N–H and O–H groups in total. The molecule has 2 aliphatic carbocycles. The summed E-state index contributed by atoms with van der Waals surface area (Å²) in [7, 11) is 1.59. The maximum atomic E-state index is 11.3. The molecule has 2 fully saturated rings. The number of hydrogen-bond donors (Lipinski definition) is 3. The molecule has 1 aromatic heterocycles. The Balaban J connectivity index is 0.000000777. The van der Waals surface area contributed by atoms with Crippen LogP contribution in [0.25, 0.3) is 0 Å². The summed E-state index contributed by atoms with van der Waals surface area (Å²) in [6.07, 6.45) is 12.3. The van der Waals surface area contributed by atoms with E-state index in [-0.39, 0.29) is 23.9 Å². The SMILES string of the molecule is C=C(C)/C=C\C(C)(C(C)C)C1C(O)CC2(C)C[C@H](C)CC2C1CC.CC.CC(=O)CO.CN(O)Cc1ccoc1. The number of furan rings is 1. The van der Waals surface area contributed by atoms with Crippen LogP contribution in [-0.4, -0.2) is 46.0 Å². The number of allylic oxidation sites excluding steroid dienone is 3. The first-order valence-electron chi connectivity index (χ1n) is 15.1. The van der Waals surface area contributed by atoms with Gasteiger partial charge in [-0.1, -0.05) is 86.1 Å². The summed E-state index contributed by atoms with van der Waals surface area (Å²) in [4.78, 5) is 9.56.